The molecule has 2 aromatic carbocycles. The summed E-state index contributed by atoms with van der Waals surface area (Å²) in [6, 6.07) is 17.0. The van der Waals surface area contributed by atoms with E-state index in [9.17, 15) is 4.79 Å². The zero-order valence-electron chi connectivity index (χ0n) is 13.5. The zero-order chi connectivity index (χ0) is 16.1. The van der Waals surface area contributed by atoms with Crippen molar-refractivity contribution in [2.45, 2.75) is 26.2 Å². The Balaban J connectivity index is 1.76. The van der Waals surface area contributed by atoms with E-state index in [0.29, 0.717) is 5.92 Å². The molecule has 0 heterocycles. The van der Waals surface area contributed by atoms with Crippen LogP contribution in [0.15, 0.2) is 60.7 Å². The van der Waals surface area contributed by atoms with Gasteiger partial charge in [-0.05, 0) is 60.4 Å². The van der Waals surface area contributed by atoms with Gasteiger partial charge in [0.15, 0.2) is 0 Å². The number of fused-ring (bicyclic) bond motifs is 1. The molecule has 0 N–H and O–H groups in total. The minimum Gasteiger partial charge on any atom is -0.299 e. The molecule has 23 heavy (non-hydrogen) atoms. The molecule has 0 unspecified atom stereocenters. The molecule has 1 nitrogen and oxygen atoms in total. The van der Waals surface area contributed by atoms with Crippen LogP contribution in [0.25, 0.3) is 11.6 Å². The molecule has 0 saturated carbocycles. The number of benzene rings is 2. The first-order chi connectivity index (χ1) is 11.3. The number of carbonyl (C=O) groups excluding carboxylic acids is 1. The highest BCUT2D eigenvalue weighted by Gasteiger charge is 2.22. The summed E-state index contributed by atoms with van der Waals surface area (Å²) in [5.41, 5.74) is 6.31. The molecule has 1 heteroatoms. The molecule has 2 aromatic rings. The molecular formula is C22H22O. The van der Waals surface area contributed by atoms with E-state index in [1.165, 1.54) is 27.8 Å². The number of aldehydes is 1. The van der Waals surface area contributed by atoms with Crippen molar-refractivity contribution in [3.05, 3.63) is 82.9 Å². The highest BCUT2D eigenvalue weighted by atomic mass is 16.1. The molecule has 1 aliphatic rings. The molecule has 0 amide bonds. The van der Waals surface area contributed by atoms with E-state index in [0.717, 1.165) is 25.5 Å². The number of rotatable bonds is 4. The summed E-state index contributed by atoms with van der Waals surface area (Å²) in [4.78, 5) is 11.1. The molecule has 3 rings (SSSR count). The summed E-state index contributed by atoms with van der Waals surface area (Å²) >= 11 is 0. The van der Waals surface area contributed by atoms with E-state index >= 15 is 0 Å². The topological polar surface area (TPSA) is 17.1 Å². The van der Waals surface area contributed by atoms with Crippen molar-refractivity contribution in [2.24, 2.45) is 5.92 Å². The summed E-state index contributed by atoms with van der Waals surface area (Å²) in [5.74, 6) is 0.428. The second kappa shape index (κ2) is 7.23. The lowest BCUT2D eigenvalue weighted by Crippen LogP contribution is -2.13. The fraction of sp³-hybridized carbons (Fsp3) is 0.227. The van der Waals surface area contributed by atoms with E-state index in [1.54, 1.807) is 6.08 Å². The van der Waals surface area contributed by atoms with Gasteiger partial charge in [-0.2, -0.15) is 0 Å². The van der Waals surface area contributed by atoms with Gasteiger partial charge in [-0.1, -0.05) is 66.2 Å². The van der Waals surface area contributed by atoms with Crippen molar-refractivity contribution in [3.63, 3.8) is 0 Å². The molecule has 1 aliphatic carbocycles. The van der Waals surface area contributed by atoms with Crippen LogP contribution >= 0.6 is 0 Å². The van der Waals surface area contributed by atoms with Gasteiger partial charge in [-0.15, -0.1) is 0 Å². The van der Waals surface area contributed by atoms with Crippen molar-refractivity contribution in [3.8, 4) is 0 Å². The van der Waals surface area contributed by atoms with Crippen molar-refractivity contribution in [1.82, 2.24) is 0 Å². The fourth-order valence-corrected chi connectivity index (χ4v) is 3.32. The molecule has 0 spiro atoms. The highest BCUT2D eigenvalue weighted by Crippen LogP contribution is 2.37. The largest absolute Gasteiger partial charge is 0.299 e. The Kier molecular flexibility index (Phi) is 4.87. The van der Waals surface area contributed by atoms with Crippen LogP contribution in [0.4, 0.5) is 0 Å². The lowest BCUT2D eigenvalue weighted by molar-refractivity contribution is -0.104. The second-order valence-electron chi connectivity index (χ2n) is 6.20. The second-order valence-corrected chi connectivity index (χ2v) is 6.20. The Bertz CT molecular complexity index is 735. The predicted octanol–water partition coefficient (Wildman–Crippen LogP) is 5.24. The summed E-state index contributed by atoms with van der Waals surface area (Å²) in [6.07, 6.45) is 10.3. The van der Waals surface area contributed by atoms with Crippen LogP contribution in [0.1, 0.15) is 35.1 Å². The van der Waals surface area contributed by atoms with Gasteiger partial charge in [0.25, 0.3) is 0 Å². The van der Waals surface area contributed by atoms with Crippen LogP contribution in [-0.2, 0) is 11.2 Å². The van der Waals surface area contributed by atoms with Crippen molar-refractivity contribution in [1.29, 1.82) is 0 Å². The first-order valence-corrected chi connectivity index (χ1v) is 8.25. The van der Waals surface area contributed by atoms with Crippen LogP contribution in [0.3, 0.4) is 0 Å². The third-order valence-corrected chi connectivity index (χ3v) is 4.59. The van der Waals surface area contributed by atoms with Crippen molar-refractivity contribution < 1.29 is 4.79 Å². The van der Waals surface area contributed by atoms with Crippen molar-refractivity contribution >= 4 is 17.9 Å². The lowest BCUT2D eigenvalue weighted by atomic mass is 9.78. The molecule has 1 atom stereocenters. The molecule has 0 saturated heterocycles. The number of carbonyl (C=O) groups is 1. The van der Waals surface area contributed by atoms with Gasteiger partial charge in [0, 0.05) is 0 Å². The average Bonchev–Trinajstić information content (AvgIpc) is 2.58. The first kappa shape index (κ1) is 15.5. The average molecular weight is 302 g/mol. The number of hydrogen-bond donors (Lipinski definition) is 0. The Morgan fingerprint density at radius 1 is 1.09 bits per heavy atom. The van der Waals surface area contributed by atoms with E-state index in [4.69, 9.17) is 0 Å². The number of hydrogen-bond acceptors (Lipinski definition) is 1. The Hall–Kier alpha value is -2.41. The van der Waals surface area contributed by atoms with Crippen LogP contribution in [-0.4, -0.2) is 6.29 Å². The van der Waals surface area contributed by atoms with Crippen LogP contribution in [0.2, 0.25) is 0 Å². The van der Waals surface area contributed by atoms with Crippen LogP contribution < -0.4 is 0 Å². The molecular weight excluding hydrogens is 280 g/mol. The monoisotopic (exact) mass is 302 g/mol. The van der Waals surface area contributed by atoms with E-state index < -0.39 is 0 Å². The Labute approximate surface area is 138 Å². The normalized spacial score (nSPS) is 19.0. The molecule has 0 bridgehead atoms. The molecule has 0 radical (unpaired) electrons. The molecule has 0 aliphatic heterocycles. The summed E-state index contributed by atoms with van der Waals surface area (Å²) in [6.45, 7) is 2.10. The number of allylic oxidation sites excluding steroid dienone is 3. The van der Waals surface area contributed by atoms with E-state index in [2.05, 4.69) is 67.6 Å². The first-order valence-electron chi connectivity index (χ1n) is 8.25. The van der Waals surface area contributed by atoms with Gasteiger partial charge in [0.1, 0.15) is 6.29 Å². The molecule has 0 fully saturated rings. The van der Waals surface area contributed by atoms with Gasteiger partial charge < -0.3 is 0 Å². The number of aryl methyl sites for hydroxylation is 2. The van der Waals surface area contributed by atoms with Gasteiger partial charge in [-0.3, -0.25) is 4.79 Å². The lowest BCUT2D eigenvalue weighted by Gasteiger charge is -2.27. The minimum atomic E-state index is 0.428. The smallest absolute Gasteiger partial charge is 0.143 e. The third kappa shape index (κ3) is 3.68. The van der Waals surface area contributed by atoms with E-state index in [-0.39, 0.29) is 0 Å². The minimum absolute atomic E-state index is 0.428. The quantitative estimate of drug-likeness (QED) is 0.557. The zero-order valence-corrected chi connectivity index (χ0v) is 13.5. The maximum absolute atomic E-state index is 11.1. The van der Waals surface area contributed by atoms with Crippen molar-refractivity contribution in [2.75, 3.05) is 0 Å². The highest BCUT2D eigenvalue weighted by molar-refractivity contribution is 5.84. The van der Waals surface area contributed by atoms with Crippen LogP contribution in [0.5, 0.6) is 0 Å². The summed E-state index contributed by atoms with van der Waals surface area (Å²) < 4.78 is 0. The summed E-state index contributed by atoms with van der Waals surface area (Å²) in [5, 5.41) is 0. The molecule has 0 aromatic heterocycles. The SMILES string of the molecule is Cc1ccc(/C=C/C[C@@H]2CCc3ccccc3/C2=C/C=O)cc1. The maximum atomic E-state index is 11.1. The fourth-order valence-electron chi connectivity index (χ4n) is 3.32. The Morgan fingerprint density at radius 2 is 1.87 bits per heavy atom. The maximum Gasteiger partial charge on any atom is 0.143 e. The van der Waals surface area contributed by atoms with Gasteiger partial charge >= 0.3 is 0 Å². The van der Waals surface area contributed by atoms with Gasteiger partial charge in [-0.25, -0.2) is 0 Å². The van der Waals surface area contributed by atoms with E-state index in [1.807, 2.05) is 0 Å². The summed E-state index contributed by atoms with van der Waals surface area (Å²) in [7, 11) is 0. The predicted molar refractivity (Wildman–Crippen MR) is 97.1 cm³/mol. The third-order valence-electron chi connectivity index (χ3n) is 4.59. The Morgan fingerprint density at radius 3 is 2.65 bits per heavy atom. The standard InChI is InChI=1S/C22H22O/c1-17-9-11-18(12-10-17)5-4-7-20-14-13-19-6-2-3-8-21(19)22(20)15-16-23/h2-6,8-12,15-16,20H,7,13-14H2,1H3/b5-4+,22-15+/t20-/m1/s1. The van der Waals surface area contributed by atoms with Gasteiger partial charge in [0.2, 0.25) is 0 Å². The van der Waals surface area contributed by atoms with Crippen LogP contribution in [0, 0.1) is 12.8 Å². The van der Waals surface area contributed by atoms with Gasteiger partial charge in [0.05, 0.1) is 0 Å². The molecule has 116 valence electrons.